The van der Waals surface area contributed by atoms with Crippen LogP contribution in [0.5, 0.6) is 0 Å². The largest absolute Gasteiger partial charge is 0.389 e. The zero-order valence-electron chi connectivity index (χ0n) is 11.0. The topological polar surface area (TPSA) is 20.2 Å². The van der Waals surface area contributed by atoms with E-state index in [1.54, 1.807) is 10.4 Å². The summed E-state index contributed by atoms with van der Waals surface area (Å²) in [5.74, 6) is 0. The van der Waals surface area contributed by atoms with Crippen molar-refractivity contribution in [2.24, 2.45) is 0 Å². The van der Waals surface area contributed by atoms with Gasteiger partial charge in [0, 0.05) is 0 Å². The molecule has 1 aromatic carbocycles. The number of fused-ring (bicyclic) bond motifs is 1. The molecule has 0 fully saturated rings. The number of rotatable bonds is 1. The van der Waals surface area contributed by atoms with Crippen LogP contribution in [0, 0.1) is 0 Å². The van der Waals surface area contributed by atoms with Gasteiger partial charge in [0.15, 0.2) is 0 Å². The number of hydrogen-bond donors (Lipinski definition) is 1. The monoisotopic (exact) mass is 250 g/mol. The van der Waals surface area contributed by atoms with Crippen LogP contribution in [0.15, 0.2) is 18.2 Å². The predicted molar refractivity (Wildman–Crippen MR) is 76.1 cm³/mol. The van der Waals surface area contributed by atoms with E-state index in [1.807, 2.05) is 6.92 Å². The van der Waals surface area contributed by atoms with E-state index in [0.717, 1.165) is 5.56 Å². The normalized spacial score (nSPS) is 22.9. The summed E-state index contributed by atoms with van der Waals surface area (Å²) in [7, 11) is -2.40. The Bertz CT molecular complexity index is 422. The third kappa shape index (κ3) is 1.81. The molecule has 1 aliphatic heterocycles. The van der Waals surface area contributed by atoms with Gasteiger partial charge in [0.05, 0.1) is 22.3 Å². The van der Waals surface area contributed by atoms with Gasteiger partial charge in [-0.2, -0.15) is 0 Å². The minimum absolute atomic E-state index is 0.333. The highest BCUT2D eigenvalue weighted by molar-refractivity contribution is 7.14. The van der Waals surface area contributed by atoms with E-state index in [0.29, 0.717) is 0 Å². The second kappa shape index (κ2) is 3.55. The molecular formula is C13H22OSi2. The Balaban J connectivity index is 2.59. The Morgan fingerprint density at radius 1 is 1.06 bits per heavy atom. The van der Waals surface area contributed by atoms with Gasteiger partial charge in [-0.3, -0.25) is 0 Å². The molecule has 1 aromatic rings. The molecule has 0 amide bonds. The first-order chi connectivity index (χ1) is 7.24. The molecule has 0 bridgehead atoms. The van der Waals surface area contributed by atoms with Crippen molar-refractivity contribution in [1.29, 1.82) is 0 Å². The van der Waals surface area contributed by atoms with E-state index in [1.165, 1.54) is 5.67 Å². The highest BCUT2D eigenvalue weighted by atomic mass is 28.4. The first-order valence-corrected chi connectivity index (χ1v) is 12.5. The number of benzene rings is 1. The van der Waals surface area contributed by atoms with Gasteiger partial charge in [-0.05, 0) is 12.5 Å². The first-order valence-electron chi connectivity index (χ1n) is 6.07. The molecule has 3 heteroatoms. The van der Waals surface area contributed by atoms with E-state index in [-0.39, 0.29) is 6.10 Å². The van der Waals surface area contributed by atoms with E-state index < -0.39 is 16.1 Å². The molecule has 1 aliphatic rings. The Morgan fingerprint density at radius 3 is 2.19 bits per heavy atom. The summed E-state index contributed by atoms with van der Waals surface area (Å²) in [5, 5.41) is 12.9. The van der Waals surface area contributed by atoms with Crippen LogP contribution in [-0.4, -0.2) is 21.3 Å². The number of aliphatic hydroxyl groups is 1. The van der Waals surface area contributed by atoms with E-state index >= 15 is 0 Å². The van der Waals surface area contributed by atoms with E-state index in [9.17, 15) is 5.11 Å². The maximum atomic E-state index is 9.68. The zero-order valence-corrected chi connectivity index (χ0v) is 13.0. The van der Waals surface area contributed by atoms with Crippen molar-refractivity contribution in [3.63, 3.8) is 0 Å². The predicted octanol–water partition coefficient (Wildman–Crippen LogP) is 2.12. The minimum atomic E-state index is -1.22. The van der Waals surface area contributed by atoms with Gasteiger partial charge >= 0.3 is 0 Å². The van der Waals surface area contributed by atoms with Crippen LogP contribution < -0.4 is 10.4 Å². The average Bonchev–Trinajstić information content (AvgIpc) is 2.32. The fourth-order valence-electron chi connectivity index (χ4n) is 3.27. The molecule has 0 saturated heterocycles. The molecule has 16 heavy (non-hydrogen) atoms. The van der Waals surface area contributed by atoms with Crippen LogP contribution in [-0.2, 0) is 0 Å². The standard InChI is InChI=1S/C13H22OSi2/c1-10(14)11-6-7-12-13(8-11)16(4,5)9-15(12,2)3/h6-8,10,14H,9H2,1-5H3. The molecule has 0 aromatic heterocycles. The van der Waals surface area contributed by atoms with Gasteiger partial charge in [-0.15, -0.1) is 0 Å². The molecule has 88 valence electrons. The third-order valence-electron chi connectivity index (χ3n) is 3.87. The van der Waals surface area contributed by atoms with Crippen LogP contribution in [0.3, 0.4) is 0 Å². The van der Waals surface area contributed by atoms with Crippen molar-refractivity contribution in [3.8, 4) is 0 Å². The molecular weight excluding hydrogens is 228 g/mol. The number of hydrogen-bond acceptors (Lipinski definition) is 1. The molecule has 1 heterocycles. The SMILES string of the molecule is CC(O)c1ccc2c(c1)[Si](C)(C)C[Si]2(C)C. The Kier molecular flexibility index (Phi) is 2.68. The van der Waals surface area contributed by atoms with Crippen molar-refractivity contribution in [2.45, 2.75) is 44.9 Å². The lowest BCUT2D eigenvalue weighted by Gasteiger charge is -2.19. The second-order valence-corrected chi connectivity index (χ2v) is 16.5. The summed E-state index contributed by atoms with van der Waals surface area (Å²) in [4.78, 5) is 0. The minimum Gasteiger partial charge on any atom is -0.389 e. The van der Waals surface area contributed by atoms with Crippen molar-refractivity contribution >= 4 is 26.5 Å². The summed E-state index contributed by atoms with van der Waals surface area (Å²) >= 11 is 0. The Hall–Kier alpha value is -0.386. The van der Waals surface area contributed by atoms with E-state index in [2.05, 4.69) is 44.4 Å². The second-order valence-electron chi connectivity index (χ2n) is 6.43. The maximum absolute atomic E-state index is 9.68. The lowest BCUT2D eigenvalue weighted by atomic mass is 10.1. The van der Waals surface area contributed by atoms with Gasteiger partial charge in [0.1, 0.15) is 0 Å². The summed E-state index contributed by atoms with van der Waals surface area (Å²) < 4.78 is 0. The van der Waals surface area contributed by atoms with Crippen molar-refractivity contribution in [2.75, 3.05) is 0 Å². The Morgan fingerprint density at radius 2 is 1.62 bits per heavy atom. The first kappa shape index (κ1) is 12.1. The molecule has 0 spiro atoms. The summed E-state index contributed by atoms with van der Waals surface area (Å²) in [6.45, 7) is 11.8. The van der Waals surface area contributed by atoms with Crippen LogP contribution in [0.4, 0.5) is 0 Å². The van der Waals surface area contributed by atoms with Gasteiger partial charge in [-0.25, -0.2) is 0 Å². The van der Waals surface area contributed by atoms with Gasteiger partial charge in [-0.1, -0.05) is 60.4 Å². The van der Waals surface area contributed by atoms with E-state index in [4.69, 9.17) is 0 Å². The van der Waals surface area contributed by atoms with Crippen LogP contribution in [0.1, 0.15) is 18.6 Å². The fourth-order valence-corrected chi connectivity index (χ4v) is 18.4. The van der Waals surface area contributed by atoms with Crippen molar-refractivity contribution < 1.29 is 5.11 Å². The summed E-state index contributed by atoms with van der Waals surface area (Å²) in [6, 6.07) is 6.70. The zero-order chi connectivity index (χ0) is 12.1. The summed E-state index contributed by atoms with van der Waals surface area (Å²) in [6.07, 6.45) is -0.333. The molecule has 1 atom stereocenters. The fraction of sp³-hybridized carbons (Fsp3) is 0.538. The van der Waals surface area contributed by atoms with Gasteiger partial charge < -0.3 is 5.11 Å². The average molecular weight is 250 g/mol. The third-order valence-corrected chi connectivity index (χ3v) is 15.0. The van der Waals surface area contributed by atoms with Crippen molar-refractivity contribution in [1.82, 2.24) is 0 Å². The molecule has 0 saturated carbocycles. The molecule has 2 rings (SSSR count). The lowest BCUT2D eigenvalue weighted by Crippen LogP contribution is -2.44. The Labute approximate surface area is 101 Å². The summed E-state index contributed by atoms with van der Waals surface area (Å²) in [5.41, 5.74) is 2.55. The van der Waals surface area contributed by atoms with Crippen LogP contribution in [0.2, 0.25) is 31.9 Å². The smallest absolute Gasteiger partial charge is 0.0782 e. The van der Waals surface area contributed by atoms with Crippen LogP contribution in [0.25, 0.3) is 0 Å². The van der Waals surface area contributed by atoms with Gasteiger partial charge in [0.25, 0.3) is 0 Å². The molecule has 1 nitrogen and oxygen atoms in total. The highest BCUT2D eigenvalue weighted by Gasteiger charge is 2.44. The highest BCUT2D eigenvalue weighted by Crippen LogP contribution is 2.27. The molecule has 0 radical (unpaired) electrons. The van der Waals surface area contributed by atoms with Gasteiger partial charge in [0.2, 0.25) is 0 Å². The molecule has 1 unspecified atom stereocenters. The van der Waals surface area contributed by atoms with Crippen molar-refractivity contribution in [3.05, 3.63) is 23.8 Å². The van der Waals surface area contributed by atoms with Crippen LogP contribution >= 0.6 is 0 Å². The molecule has 0 aliphatic carbocycles. The lowest BCUT2D eigenvalue weighted by molar-refractivity contribution is 0.199. The number of aliphatic hydroxyl groups excluding tert-OH is 1. The maximum Gasteiger partial charge on any atom is 0.0782 e. The quantitative estimate of drug-likeness (QED) is 0.757. The molecule has 1 N–H and O–H groups in total.